The number of rotatable bonds is 1. The van der Waals surface area contributed by atoms with Gasteiger partial charge in [-0.25, -0.2) is 0 Å². The third-order valence-electron chi connectivity index (χ3n) is 2.03. The van der Waals surface area contributed by atoms with Crippen LogP contribution in [0.3, 0.4) is 0 Å². The zero-order valence-corrected chi connectivity index (χ0v) is 8.97. The lowest BCUT2D eigenvalue weighted by Crippen LogP contribution is -2.27. The highest BCUT2D eigenvalue weighted by Gasteiger charge is 2.14. The molecule has 0 aliphatic heterocycles. The van der Waals surface area contributed by atoms with E-state index in [1.807, 2.05) is 0 Å². The van der Waals surface area contributed by atoms with Gasteiger partial charge in [0.25, 0.3) is 5.17 Å². The summed E-state index contributed by atoms with van der Waals surface area (Å²) in [4.78, 5) is 0. The fourth-order valence-corrected chi connectivity index (χ4v) is 1.53. The maximum absolute atomic E-state index is 5.46. The highest BCUT2D eigenvalue weighted by Crippen LogP contribution is 2.20. The summed E-state index contributed by atoms with van der Waals surface area (Å²) in [5.41, 5.74) is 0. The average Bonchev–Trinajstić information content (AvgIpc) is 2.06. The van der Waals surface area contributed by atoms with Crippen LogP contribution in [0.2, 0.25) is 0 Å². The standard InChI is InChI=1S/C8H15NOS.ClH/c1-9-8(11)10-7-5-3-2-4-6-7;/h7H,2-6H2,1H3,(H,9,11);1H. The van der Waals surface area contributed by atoms with Gasteiger partial charge in [0, 0.05) is 7.05 Å². The van der Waals surface area contributed by atoms with Crippen molar-refractivity contribution in [3.8, 4) is 0 Å². The normalized spacial score (nSPS) is 17.8. The molecule has 1 aliphatic carbocycles. The van der Waals surface area contributed by atoms with Crippen LogP contribution in [0.15, 0.2) is 0 Å². The molecule has 0 aromatic rings. The van der Waals surface area contributed by atoms with Crippen LogP contribution in [0.4, 0.5) is 0 Å². The smallest absolute Gasteiger partial charge is 0.256 e. The molecule has 0 radical (unpaired) electrons. The number of thiocarbonyl (C=S) groups is 1. The van der Waals surface area contributed by atoms with Crippen molar-refractivity contribution in [3.63, 3.8) is 0 Å². The molecule has 0 spiro atoms. The van der Waals surface area contributed by atoms with Gasteiger partial charge in [0.15, 0.2) is 0 Å². The Labute approximate surface area is 85.5 Å². The lowest BCUT2D eigenvalue weighted by Gasteiger charge is -2.22. The van der Waals surface area contributed by atoms with Gasteiger partial charge in [-0.3, -0.25) is 0 Å². The largest absolute Gasteiger partial charge is 0.468 e. The molecule has 0 saturated heterocycles. The predicted molar refractivity (Wildman–Crippen MR) is 56.9 cm³/mol. The van der Waals surface area contributed by atoms with Crippen LogP contribution < -0.4 is 5.32 Å². The molecule has 0 unspecified atom stereocenters. The molecule has 1 fully saturated rings. The Bertz CT molecular complexity index is 137. The lowest BCUT2D eigenvalue weighted by atomic mass is 9.98. The molecule has 0 amide bonds. The minimum absolute atomic E-state index is 0. The second kappa shape index (κ2) is 6.49. The van der Waals surface area contributed by atoms with Gasteiger partial charge in [0.05, 0.1) is 0 Å². The lowest BCUT2D eigenvalue weighted by molar-refractivity contribution is 0.141. The van der Waals surface area contributed by atoms with E-state index in [4.69, 9.17) is 17.0 Å². The predicted octanol–water partition coefficient (Wildman–Crippen LogP) is 2.26. The Morgan fingerprint density at radius 3 is 2.42 bits per heavy atom. The van der Waals surface area contributed by atoms with Crippen molar-refractivity contribution in [3.05, 3.63) is 0 Å². The first-order valence-corrected chi connectivity index (χ1v) is 4.62. The van der Waals surface area contributed by atoms with E-state index in [0.717, 1.165) is 0 Å². The molecule has 4 heteroatoms. The summed E-state index contributed by atoms with van der Waals surface area (Å²) in [6.45, 7) is 0. The molecule has 0 aromatic carbocycles. The SMILES string of the molecule is CNC(=S)OC1CCCCC1.Cl. The number of hydrogen-bond acceptors (Lipinski definition) is 2. The summed E-state index contributed by atoms with van der Waals surface area (Å²) in [5, 5.41) is 3.36. The molecular formula is C8H16ClNOS. The summed E-state index contributed by atoms with van der Waals surface area (Å²) >= 11 is 4.90. The van der Waals surface area contributed by atoms with E-state index in [9.17, 15) is 0 Å². The topological polar surface area (TPSA) is 21.3 Å². The molecule has 0 atom stereocenters. The summed E-state index contributed by atoms with van der Waals surface area (Å²) in [6, 6.07) is 0. The number of hydrogen-bond donors (Lipinski definition) is 1. The van der Waals surface area contributed by atoms with Crippen molar-refractivity contribution in [1.82, 2.24) is 5.32 Å². The van der Waals surface area contributed by atoms with E-state index in [0.29, 0.717) is 11.3 Å². The van der Waals surface area contributed by atoms with Crippen LogP contribution in [0.25, 0.3) is 0 Å². The van der Waals surface area contributed by atoms with Crippen molar-refractivity contribution in [2.24, 2.45) is 0 Å². The van der Waals surface area contributed by atoms with Crippen molar-refractivity contribution in [1.29, 1.82) is 0 Å². The van der Waals surface area contributed by atoms with Crippen LogP contribution in [0.5, 0.6) is 0 Å². The van der Waals surface area contributed by atoms with Gasteiger partial charge in [0.1, 0.15) is 6.10 Å². The fraction of sp³-hybridized carbons (Fsp3) is 0.875. The number of ether oxygens (including phenoxy) is 1. The zero-order valence-electron chi connectivity index (χ0n) is 7.34. The minimum atomic E-state index is 0. The molecule has 2 nitrogen and oxygen atoms in total. The highest BCUT2D eigenvalue weighted by atomic mass is 35.5. The van der Waals surface area contributed by atoms with Gasteiger partial charge in [-0.2, -0.15) is 0 Å². The monoisotopic (exact) mass is 209 g/mol. The van der Waals surface area contributed by atoms with Crippen molar-refractivity contribution >= 4 is 29.8 Å². The van der Waals surface area contributed by atoms with Gasteiger partial charge in [-0.05, 0) is 37.9 Å². The van der Waals surface area contributed by atoms with Crippen LogP contribution >= 0.6 is 24.6 Å². The molecule has 0 bridgehead atoms. The van der Waals surface area contributed by atoms with E-state index in [1.165, 1.54) is 32.1 Å². The quantitative estimate of drug-likeness (QED) is 0.670. The molecule has 1 N–H and O–H groups in total. The van der Waals surface area contributed by atoms with E-state index in [1.54, 1.807) is 7.05 Å². The molecule has 12 heavy (non-hydrogen) atoms. The summed E-state index contributed by atoms with van der Waals surface area (Å²) in [7, 11) is 1.80. The van der Waals surface area contributed by atoms with Gasteiger partial charge in [-0.15, -0.1) is 12.4 Å². The third kappa shape index (κ3) is 4.12. The van der Waals surface area contributed by atoms with Gasteiger partial charge < -0.3 is 10.1 Å². The van der Waals surface area contributed by atoms with E-state index in [2.05, 4.69) is 5.32 Å². The minimum Gasteiger partial charge on any atom is -0.468 e. The molecule has 1 saturated carbocycles. The fourth-order valence-electron chi connectivity index (χ4n) is 1.39. The van der Waals surface area contributed by atoms with E-state index in [-0.39, 0.29) is 12.4 Å². The summed E-state index contributed by atoms with van der Waals surface area (Å²) in [5.74, 6) is 0. The molecule has 1 aliphatic rings. The Balaban J connectivity index is 0.00000121. The van der Waals surface area contributed by atoms with E-state index >= 15 is 0 Å². The van der Waals surface area contributed by atoms with Crippen molar-refractivity contribution in [2.75, 3.05) is 7.05 Å². The first-order valence-electron chi connectivity index (χ1n) is 4.21. The Morgan fingerprint density at radius 2 is 1.92 bits per heavy atom. The average molecular weight is 210 g/mol. The van der Waals surface area contributed by atoms with Crippen LogP contribution in [-0.4, -0.2) is 18.3 Å². The number of halogens is 1. The first-order chi connectivity index (χ1) is 5.33. The summed E-state index contributed by atoms with van der Waals surface area (Å²) < 4.78 is 5.46. The molecular weight excluding hydrogens is 194 g/mol. The third-order valence-corrected chi connectivity index (χ3v) is 2.33. The zero-order chi connectivity index (χ0) is 8.10. The maximum Gasteiger partial charge on any atom is 0.256 e. The highest BCUT2D eigenvalue weighted by molar-refractivity contribution is 7.80. The first kappa shape index (κ1) is 12.0. The van der Waals surface area contributed by atoms with Crippen LogP contribution in [-0.2, 0) is 4.74 Å². The maximum atomic E-state index is 5.46. The second-order valence-electron chi connectivity index (χ2n) is 2.92. The Kier molecular flexibility index (Phi) is 6.48. The van der Waals surface area contributed by atoms with Crippen LogP contribution in [0, 0.1) is 0 Å². The van der Waals surface area contributed by atoms with Gasteiger partial charge >= 0.3 is 0 Å². The molecule has 0 aromatic heterocycles. The second-order valence-corrected chi connectivity index (χ2v) is 3.29. The van der Waals surface area contributed by atoms with Gasteiger partial charge in [-0.1, -0.05) is 6.42 Å². The summed E-state index contributed by atoms with van der Waals surface area (Å²) in [6.07, 6.45) is 6.65. The van der Waals surface area contributed by atoms with E-state index < -0.39 is 0 Å². The molecule has 72 valence electrons. The molecule has 0 heterocycles. The number of nitrogens with one attached hydrogen (secondary N) is 1. The Hall–Kier alpha value is -0.0200. The van der Waals surface area contributed by atoms with Gasteiger partial charge in [0.2, 0.25) is 0 Å². The van der Waals surface area contributed by atoms with Crippen molar-refractivity contribution in [2.45, 2.75) is 38.2 Å². The molecule has 1 rings (SSSR count). The van der Waals surface area contributed by atoms with Crippen LogP contribution in [0.1, 0.15) is 32.1 Å². The Morgan fingerprint density at radius 1 is 1.33 bits per heavy atom. The van der Waals surface area contributed by atoms with Crippen molar-refractivity contribution < 1.29 is 4.74 Å².